The Kier molecular flexibility index (Phi) is 3.20. The van der Waals surface area contributed by atoms with Crippen molar-refractivity contribution in [3.63, 3.8) is 0 Å². The fourth-order valence-corrected chi connectivity index (χ4v) is 3.73. The molecule has 0 unspecified atom stereocenters. The van der Waals surface area contributed by atoms with E-state index in [1.54, 1.807) is 0 Å². The molecule has 0 atom stereocenters. The van der Waals surface area contributed by atoms with E-state index in [0.29, 0.717) is 4.75 Å². The van der Waals surface area contributed by atoms with E-state index < -0.39 is 0 Å². The first-order valence-electron chi connectivity index (χ1n) is 6.54. The smallest absolute Gasteiger partial charge is 0.138 e. The van der Waals surface area contributed by atoms with Crippen molar-refractivity contribution in [3.8, 4) is 0 Å². The minimum absolute atomic E-state index is 0.433. The average molecular weight is 261 g/mol. The van der Waals surface area contributed by atoms with Crippen LogP contribution in [0.25, 0.3) is 5.65 Å². The summed E-state index contributed by atoms with van der Waals surface area (Å²) in [4.78, 5) is 4.31. The molecular formula is C14H19N3S. The van der Waals surface area contributed by atoms with Crippen LogP contribution in [0, 0.1) is 0 Å². The zero-order valence-electron chi connectivity index (χ0n) is 10.7. The molecule has 2 aromatic rings. The van der Waals surface area contributed by atoms with Crippen LogP contribution < -0.4 is 5.32 Å². The standard InChI is InChI=1S/C14H19N3S/c1-18-14(7-2-3-8-14)11-16-13-6-4-5-12-15-9-10-17(12)13/h4-6,9-10,16H,2-3,7-8,11H2,1H3. The van der Waals surface area contributed by atoms with Gasteiger partial charge in [-0.2, -0.15) is 11.8 Å². The minimum atomic E-state index is 0.433. The van der Waals surface area contributed by atoms with Gasteiger partial charge in [-0.3, -0.25) is 4.40 Å². The van der Waals surface area contributed by atoms with Gasteiger partial charge in [-0.25, -0.2) is 4.98 Å². The van der Waals surface area contributed by atoms with Crippen LogP contribution in [0.3, 0.4) is 0 Å². The molecule has 1 aliphatic rings. The van der Waals surface area contributed by atoms with Crippen molar-refractivity contribution < 1.29 is 0 Å². The summed E-state index contributed by atoms with van der Waals surface area (Å²) in [6, 6.07) is 6.22. The summed E-state index contributed by atoms with van der Waals surface area (Å²) < 4.78 is 2.55. The maximum Gasteiger partial charge on any atom is 0.138 e. The molecule has 96 valence electrons. The summed E-state index contributed by atoms with van der Waals surface area (Å²) in [6.45, 7) is 1.05. The van der Waals surface area contributed by atoms with E-state index in [9.17, 15) is 0 Å². The van der Waals surface area contributed by atoms with Crippen LogP contribution in [0.15, 0.2) is 30.6 Å². The molecule has 3 rings (SSSR count). The first kappa shape index (κ1) is 11.9. The second kappa shape index (κ2) is 4.84. The summed E-state index contributed by atoms with van der Waals surface area (Å²) in [5.74, 6) is 1.14. The van der Waals surface area contributed by atoms with Gasteiger partial charge in [-0.1, -0.05) is 18.9 Å². The van der Waals surface area contributed by atoms with E-state index in [1.165, 1.54) is 25.7 Å². The molecule has 3 nitrogen and oxygen atoms in total. The molecule has 4 heteroatoms. The highest BCUT2D eigenvalue weighted by atomic mass is 32.2. The maximum absolute atomic E-state index is 4.31. The van der Waals surface area contributed by atoms with Crippen molar-refractivity contribution in [1.29, 1.82) is 0 Å². The van der Waals surface area contributed by atoms with Gasteiger partial charge >= 0.3 is 0 Å². The van der Waals surface area contributed by atoms with Crippen LogP contribution in [-0.2, 0) is 0 Å². The lowest BCUT2D eigenvalue weighted by atomic mass is 10.1. The number of nitrogens with zero attached hydrogens (tertiary/aromatic N) is 2. The number of pyridine rings is 1. The molecule has 0 aliphatic heterocycles. The quantitative estimate of drug-likeness (QED) is 0.914. The lowest BCUT2D eigenvalue weighted by Gasteiger charge is -2.27. The third-order valence-corrected chi connectivity index (χ3v) is 5.39. The van der Waals surface area contributed by atoms with Crippen molar-refractivity contribution in [2.75, 3.05) is 18.1 Å². The third-order valence-electron chi connectivity index (χ3n) is 3.97. The zero-order valence-corrected chi connectivity index (χ0v) is 11.5. The van der Waals surface area contributed by atoms with E-state index in [-0.39, 0.29) is 0 Å². The van der Waals surface area contributed by atoms with Gasteiger partial charge in [0.25, 0.3) is 0 Å². The Balaban J connectivity index is 1.78. The molecule has 0 spiro atoms. The molecule has 1 aliphatic carbocycles. The number of imidazole rings is 1. The number of hydrogen-bond acceptors (Lipinski definition) is 3. The number of thioether (sulfide) groups is 1. The lowest BCUT2D eigenvalue weighted by molar-refractivity contribution is 0.638. The van der Waals surface area contributed by atoms with Gasteiger partial charge < -0.3 is 5.32 Å². The fraction of sp³-hybridized carbons (Fsp3) is 0.500. The van der Waals surface area contributed by atoms with E-state index in [1.807, 2.05) is 30.2 Å². The van der Waals surface area contributed by atoms with Crippen LogP contribution in [-0.4, -0.2) is 26.9 Å². The van der Waals surface area contributed by atoms with E-state index in [2.05, 4.69) is 33.1 Å². The van der Waals surface area contributed by atoms with Crippen LogP contribution >= 0.6 is 11.8 Å². The monoisotopic (exact) mass is 261 g/mol. The van der Waals surface area contributed by atoms with Gasteiger partial charge in [0.1, 0.15) is 11.5 Å². The Labute approximate surface area is 112 Å². The highest BCUT2D eigenvalue weighted by Crippen LogP contribution is 2.40. The highest BCUT2D eigenvalue weighted by Gasteiger charge is 2.32. The van der Waals surface area contributed by atoms with Gasteiger partial charge in [0, 0.05) is 23.7 Å². The fourth-order valence-electron chi connectivity index (χ4n) is 2.82. The molecular weight excluding hydrogens is 242 g/mol. The molecule has 0 amide bonds. The Bertz CT molecular complexity index is 529. The molecule has 1 fully saturated rings. The summed E-state index contributed by atoms with van der Waals surface area (Å²) in [6.07, 6.45) is 11.5. The maximum atomic E-state index is 4.31. The summed E-state index contributed by atoms with van der Waals surface area (Å²) in [5.41, 5.74) is 1.00. The number of rotatable bonds is 4. The molecule has 1 N–H and O–H groups in total. The van der Waals surface area contributed by atoms with Crippen LogP contribution in [0.4, 0.5) is 5.82 Å². The normalized spacial score (nSPS) is 18.3. The first-order chi connectivity index (χ1) is 8.83. The number of nitrogens with one attached hydrogen (secondary N) is 1. The Morgan fingerprint density at radius 3 is 3.00 bits per heavy atom. The molecule has 1 saturated carbocycles. The van der Waals surface area contributed by atoms with Crippen LogP contribution in [0.5, 0.6) is 0 Å². The largest absolute Gasteiger partial charge is 0.370 e. The van der Waals surface area contributed by atoms with E-state index >= 15 is 0 Å². The SMILES string of the molecule is CSC1(CNc2cccc3nccn23)CCCC1. The molecule has 0 aromatic carbocycles. The van der Waals surface area contributed by atoms with Gasteiger partial charge in [0.15, 0.2) is 0 Å². The van der Waals surface area contributed by atoms with Crippen molar-refractivity contribution in [3.05, 3.63) is 30.6 Å². The Hall–Kier alpha value is -1.16. The molecule has 18 heavy (non-hydrogen) atoms. The molecule has 2 heterocycles. The summed E-state index contributed by atoms with van der Waals surface area (Å²) in [5, 5.41) is 3.61. The Morgan fingerprint density at radius 2 is 2.22 bits per heavy atom. The topological polar surface area (TPSA) is 29.3 Å². The average Bonchev–Trinajstić information content (AvgIpc) is 3.06. The minimum Gasteiger partial charge on any atom is -0.370 e. The first-order valence-corrected chi connectivity index (χ1v) is 7.77. The predicted octanol–water partition coefficient (Wildman–Crippen LogP) is 3.42. The predicted molar refractivity (Wildman–Crippen MR) is 78.4 cm³/mol. The van der Waals surface area contributed by atoms with Crippen molar-refractivity contribution >= 4 is 23.2 Å². The highest BCUT2D eigenvalue weighted by molar-refractivity contribution is 8.00. The van der Waals surface area contributed by atoms with Gasteiger partial charge in [-0.15, -0.1) is 0 Å². The lowest BCUT2D eigenvalue weighted by Crippen LogP contribution is -2.30. The van der Waals surface area contributed by atoms with Crippen LogP contribution in [0.1, 0.15) is 25.7 Å². The second-order valence-electron chi connectivity index (χ2n) is 5.01. The molecule has 2 aromatic heterocycles. The Morgan fingerprint density at radius 1 is 1.39 bits per heavy atom. The second-order valence-corrected chi connectivity index (χ2v) is 6.29. The molecule has 0 bridgehead atoms. The van der Waals surface area contributed by atoms with E-state index in [0.717, 1.165) is 18.0 Å². The summed E-state index contributed by atoms with van der Waals surface area (Å²) >= 11 is 2.02. The summed E-state index contributed by atoms with van der Waals surface area (Å²) in [7, 11) is 0. The van der Waals surface area contributed by atoms with Gasteiger partial charge in [-0.05, 0) is 31.2 Å². The van der Waals surface area contributed by atoms with Crippen molar-refractivity contribution in [1.82, 2.24) is 9.38 Å². The molecule has 0 radical (unpaired) electrons. The van der Waals surface area contributed by atoms with Gasteiger partial charge in [0.05, 0.1) is 0 Å². The number of fused-ring (bicyclic) bond motifs is 1. The van der Waals surface area contributed by atoms with Gasteiger partial charge in [0.2, 0.25) is 0 Å². The van der Waals surface area contributed by atoms with Crippen molar-refractivity contribution in [2.45, 2.75) is 30.4 Å². The van der Waals surface area contributed by atoms with Crippen LogP contribution in [0.2, 0.25) is 0 Å². The van der Waals surface area contributed by atoms with Crippen molar-refractivity contribution in [2.24, 2.45) is 0 Å². The van der Waals surface area contributed by atoms with E-state index in [4.69, 9.17) is 0 Å². The third kappa shape index (κ3) is 2.09. The zero-order chi connectivity index (χ0) is 12.4. The number of anilines is 1. The number of aromatic nitrogens is 2. The molecule has 0 saturated heterocycles. The number of hydrogen-bond donors (Lipinski definition) is 1.